The zero-order chi connectivity index (χ0) is 13.6. The third-order valence-corrected chi connectivity index (χ3v) is 2.90. The molecule has 0 fully saturated rings. The molecular formula is C12H9FN4O2. The summed E-state index contributed by atoms with van der Waals surface area (Å²) in [6, 6.07) is 3.71. The number of Topliss-reactive ketones (excluding diaryl/α,β-unsaturated/α-hetero) is 1. The van der Waals surface area contributed by atoms with Gasteiger partial charge in [0.15, 0.2) is 0 Å². The highest BCUT2D eigenvalue weighted by molar-refractivity contribution is 6.52. The number of fused-ring (bicyclic) bond motifs is 1. The standard InChI is InChI=1S/C12H9FN4O2/c1-16-5-8(14-15-16)6-17-10-3-2-7(13)4-9(10)11(18)12(17)19/h2-5H,6H2,1H3. The number of carbonyl (C=O) groups excluding carboxylic acids is 2. The fraction of sp³-hybridized carbons (Fsp3) is 0.167. The van der Waals surface area contributed by atoms with Crippen LogP contribution in [0.15, 0.2) is 24.4 Å². The van der Waals surface area contributed by atoms with Crippen molar-refractivity contribution < 1.29 is 14.0 Å². The molecule has 19 heavy (non-hydrogen) atoms. The Bertz CT molecular complexity index is 695. The lowest BCUT2D eigenvalue weighted by molar-refractivity contribution is -0.114. The van der Waals surface area contributed by atoms with Gasteiger partial charge in [-0.15, -0.1) is 5.10 Å². The van der Waals surface area contributed by atoms with Crippen LogP contribution in [0.1, 0.15) is 16.1 Å². The SMILES string of the molecule is Cn1cc(CN2C(=O)C(=O)c3cc(F)ccc32)nn1. The molecule has 3 rings (SSSR count). The predicted molar refractivity (Wildman–Crippen MR) is 62.9 cm³/mol. The first-order valence-corrected chi connectivity index (χ1v) is 5.57. The summed E-state index contributed by atoms with van der Waals surface area (Å²) in [5, 5.41) is 7.62. The molecule has 0 unspecified atom stereocenters. The van der Waals surface area contributed by atoms with Crippen LogP contribution in [0, 0.1) is 5.82 Å². The molecule has 2 aromatic rings. The first-order chi connectivity index (χ1) is 9.06. The largest absolute Gasteiger partial charge is 0.299 e. The van der Waals surface area contributed by atoms with Crippen molar-refractivity contribution in [1.29, 1.82) is 0 Å². The number of hydrogen-bond acceptors (Lipinski definition) is 4. The van der Waals surface area contributed by atoms with E-state index in [2.05, 4.69) is 10.3 Å². The van der Waals surface area contributed by atoms with Crippen molar-refractivity contribution in [2.24, 2.45) is 7.05 Å². The Morgan fingerprint density at radius 2 is 2.11 bits per heavy atom. The minimum Gasteiger partial charge on any atom is -0.299 e. The summed E-state index contributed by atoms with van der Waals surface area (Å²) in [5.41, 5.74) is 1.05. The van der Waals surface area contributed by atoms with Gasteiger partial charge in [0.05, 0.1) is 17.8 Å². The number of carbonyl (C=O) groups is 2. The van der Waals surface area contributed by atoms with Gasteiger partial charge in [0.1, 0.15) is 11.5 Å². The Morgan fingerprint density at radius 1 is 1.32 bits per heavy atom. The number of halogens is 1. The molecule has 1 aliphatic rings. The summed E-state index contributed by atoms with van der Waals surface area (Å²) >= 11 is 0. The number of hydrogen-bond donors (Lipinski definition) is 0. The van der Waals surface area contributed by atoms with E-state index >= 15 is 0 Å². The highest BCUT2D eigenvalue weighted by Crippen LogP contribution is 2.30. The van der Waals surface area contributed by atoms with Gasteiger partial charge in [-0.05, 0) is 18.2 Å². The summed E-state index contributed by atoms with van der Waals surface area (Å²) in [6.45, 7) is 0.136. The maximum atomic E-state index is 13.1. The minimum atomic E-state index is -0.696. The molecule has 6 nitrogen and oxygen atoms in total. The highest BCUT2D eigenvalue weighted by Gasteiger charge is 2.36. The van der Waals surface area contributed by atoms with Crippen molar-refractivity contribution in [2.75, 3.05) is 4.90 Å². The van der Waals surface area contributed by atoms with Gasteiger partial charge in [-0.3, -0.25) is 19.2 Å². The number of amides is 1. The van der Waals surface area contributed by atoms with Crippen LogP contribution in [0.5, 0.6) is 0 Å². The molecule has 0 radical (unpaired) electrons. The van der Waals surface area contributed by atoms with Crippen LogP contribution < -0.4 is 4.90 Å². The van der Waals surface area contributed by atoms with E-state index in [1.807, 2.05) is 0 Å². The van der Waals surface area contributed by atoms with E-state index in [1.165, 1.54) is 21.7 Å². The van der Waals surface area contributed by atoms with Crippen LogP contribution in [0.4, 0.5) is 10.1 Å². The second kappa shape index (κ2) is 3.98. The number of aromatic nitrogens is 3. The number of ketones is 1. The lowest BCUT2D eigenvalue weighted by Crippen LogP contribution is -2.29. The maximum Gasteiger partial charge on any atom is 0.299 e. The number of nitrogens with zero attached hydrogens (tertiary/aromatic N) is 4. The van der Waals surface area contributed by atoms with Gasteiger partial charge in [-0.2, -0.15) is 0 Å². The van der Waals surface area contributed by atoms with E-state index in [0.29, 0.717) is 11.4 Å². The number of anilines is 1. The molecule has 1 aromatic heterocycles. The monoisotopic (exact) mass is 260 g/mol. The van der Waals surface area contributed by atoms with E-state index in [0.717, 1.165) is 6.07 Å². The average Bonchev–Trinajstić information content (AvgIpc) is 2.88. The fourth-order valence-electron chi connectivity index (χ4n) is 2.06. The molecule has 1 amide bonds. The normalized spacial score (nSPS) is 14.1. The van der Waals surface area contributed by atoms with Crippen molar-refractivity contribution in [3.63, 3.8) is 0 Å². The van der Waals surface area contributed by atoms with E-state index in [9.17, 15) is 14.0 Å². The molecule has 2 heterocycles. The van der Waals surface area contributed by atoms with E-state index < -0.39 is 17.5 Å². The molecule has 96 valence electrons. The predicted octanol–water partition coefficient (Wildman–Crippen LogP) is 0.684. The Morgan fingerprint density at radius 3 is 2.79 bits per heavy atom. The summed E-state index contributed by atoms with van der Waals surface area (Å²) in [4.78, 5) is 24.9. The van der Waals surface area contributed by atoms with Crippen molar-refractivity contribution >= 4 is 17.4 Å². The van der Waals surface area contributed by atoms with Crippen LogP contribution in [0.2, 0.25) is 0 Å². The first kappa shape index (κ1) is 11.5. The molecule has 0 saturated carbocycles. The molecule has 0 atom stereocenters. The smallest absolute Gasteiger partial charge is 0.299 e. The minimum absolute atomic E-state index is 0.0916. The van der Waals surface area contributed by atoms with Gasteiger partial charge >= 0.3 is 0 Å². The molecular weight excluding hydrogens is 251 g/mol. The Labute approximate surface area is 107 Å². The van der Waals surface area contributed by atoms with Gasteiger partial charge in [0.25, 0.3) is 11.7 Å². The van der Waals surface area contributed by atoms with Crippen molar-refractivity contribution in [1.82, 2.24) is 15.0 Å². The van der Waals surface area contributed by atoms with Crippen molar-refractivity contribution in [2.45, 2.75) is 6.54 Å². The third-order valence-electron chi connectivity index (χ3n) is 2.90. The molecule has 0 saturated heterocycles. The molecule has 0 N–H and O–H groups in total. The second-order valence-electron chi connectivity index (χ2n) is 4.27. The molecule has 7 heteroatoms. The van der Waals surface area contributed by atoms with Gasteiger partial charge in [-0.25, -0.2) is 4.39 Å². The average molecular weight is 260 g/mol. The summed E-state index contributed by atoms with van der Waals surface area (Å²) in [5.74, 6) is -1.91. The van der Waals surface area contributed by atoms with Crippen LogP contribution in [-0.2, 0) is 18.4 Å². The van der Waals surface area contributed by atoms with Crippen LogP contribution >= 0.6 is 0 Å². The topological polar surface area (TPSA) is 68.1 Å². The number of rotatable bonds is 2. The van der Waals surface area contributed by atoms with Crippen LogP contribution in [0.3, 0.4) is 0 Å². The quantitative estimate of drug-likeness (QED) is 0.745. The van der Waals surface area contributed by atoms with Gasteiger partial charge < -0.3 is 0 Å². The molecule has 0 aliphatic carbocycles. The molecule has 0 bridgehead atoms. The van der Waals surface area contributed by atoms with Gasteiger partial charge in [-0.1, -0.05) is 5.21 Å². The van der Waals surface area contributed by atoms with Crippen LogP contribution in [-0.4, -0.2) is 26.7 Å². The third kappa shape index (κ3) is 1.79. The summed E-state index contributed by atoms with van der Waals surface area (Å²) < 4.78 is 14.6. The maximum absolute atomic E-state index is 13.1. The molecule has 1 aromatic carbocycles. The number of benzene rings is 1. The summed E-state index contributed by atoms with van der Waals surface area (Å²) in [6.07, 6.45) is 1.65. The Hall–Kier alpha value is -2.57. The zero-order valence-electron chi connectivity index (χ0n) is 10.00. The van der Waals surface area contributed by atoms with E-state index in [1.54, 1.807) is 13.2 Å². The van der Waals surface area contributed by atoms with Crippen molar-refractivity contribution in [3.8, 4) is 0 Å². The second-order valence-corrected chi connectivity index (χ2v) is 4.27. The molecule has 0 spiro atoms. The Kier molecular flexibility index (Phi) is 2.41. The van der Waals surface area contributed by atoms with Gasteiger partial charge in [0, 0.05) is 13.2 Å². The first-order valence-electron chi connectivity index (χ1n) is 5.57. The molecule has 1 aliphatic heterocycles. The fourth-order valence-corrected chi connectivity index (χ4v) is 2.06. The van der Waals surface area contributed by atoms with E-state index in [4.69, 9.17) is 0 Å². The number of aryl methyl sites for hydroxylation is 1. The van der Waals surface area contributed by atoms with Crippen LogP contribution in [0.25, 0.3) is 0 Å². The lowest BCUT2D eigenvalue weighted by Gasteiger charge is -2.14. The lowest BCUT2D eigenvalue weighted by atomic mass is 10.1. The Balaban J connectivity index is 1.99. The van der Waals surface area contributed by atoms with Crippen molar-refractivity contribution in [3.05, 3.63) is 41.5 Å². The van der Waals surface area contributed by atoms with Gasteiger partial charge in [0.2, 0.25) is 0 Å². The highest BCUT2D eigenvalue weighted by atomic mass is 19.1. The van der Waals surface area contributed by atoms with E-state index in [-0.39, 0.29) is 12.1 Å². The summed E-state index contributed by atoms with van der Waals surface area (Å²) in [7, 11) is 1.71. The zero-order valence-corrected chi connectivity index (χ0v) is 10.00.